The van der Waals surface area contributed by atoms with Crippen LogP contribution in [-0.2, 0) is 10.8 Å². The Morgan fingerprint density at radius 1 is 0.410 bits per heavy atom. The van der Waals surface area contributed by atoms with Gasteiger partial charge in [-0.25, -0.2) is 0 Å². The Morgan fingerprint density at radius 2 is 0.756 bits per heavy atom. The molecule has 78 heavy (non-hydrogen) atoms. The van der Waals surface area contributed by atoms with Crippen LogP contribution in [0.25, 0.3) is 61.2 Å². The fraction of sp³-hybridized carbons (Fsp3) is 0.184. The third kappa shape index (κ3) is 9.59. The van der Waals surface area contributed by atoms with Gasteiger partial charge in [-0.05, 0) is 222 Å². The molecule has 0 saturated heterocycles. The van der Waals surface area contributed by atoms with E-state index in [0.29, 0.717) is 0 Å². The van der Waals surface area contributed by atoms with Gasteiger partial charge in [-0.1, -0.05) is 191 Å². The third-order valence-corrected chi connectivity index (χ3v) is 16.7. The zero-order chi connectivity index (χ0) is 54.5. The van der Waals surface area contributed by atoms with Gasteiger partial charge in [0.05, 0.1) is 0 Å². The van der Waals surface area contributed by atoms with E-state index in [2.05, 4.69) is 310 Å². The quantitative estimate of drug-likeness (QED) is 0.106. The van der Waals surface area contributed by atoms with Crippen LogP contribution in [0.3, 0.4) is 0 Å². The van der Waals surface area contributed by atoms with Gasteiger partial charge in [0.25, 0.3) is 0 Å². The molecule has 386 valence electrons. The van der Waals surface area contributed by atoms with Crippen LogP contribution in [-0.4, -0.2) is 0 Å². The molecule has 0 N–H and O–H groups in total. The van der Waals surface area contributed by atoms with Crippen LogP contribution >= 0.6 is 0 Å². The summed E-state index contributed by atoms with van der Waals surface area (Å²) in [6, 6.07) is 73.0. The van der Waals surface area contributed by atoms with Gasteiger partial charge in [0.1, 0.15) is 0 Å². The van der Waals surface area contributed by atoms with Crippen LogP contribution in [0.2, 0.25) is 0 Å². The van der Waals surface area contributed by atoms with Crippen molar-refractivity contribution in [1.29, 1.82) is 0 Å². The first-order valence-electron chi connectivity index (χ1n) is 27.9. The molecule has 0 amide bonds. The second-order valence-electron chi connectivity index (χ2n) is 22.8. The van der Waals surface area contributed by atoms with Gasteiger partial charge in [-0.15, -0.1) is 0 Å². The molecule has 0 aliphatic heterocycles. The number of nitrogens with zero attached hydrogens (tertiary/aromatic N) is 2. The summed E-state index contributed by atoms with van der Waals surface area (Å²) >= 11 is 0. The van der Waals surface area contributed by atoms with Crippen molar-refractivity contribution < 1.29 is 0 Å². The van der Waals surface area contributed by atoms with E-state index in [4.69, 9.17) is 0 Å². The van der Waals surface area contributed by atoms with E-state index in [1.54, 1.807) is 0 Å². The fourth-order valence-corrected chi connectivity index (χ4v) is 12.0. The highest BCUT2D eigenvalue weighted by molar-refractivity contribution is 5.88. The van der Waals surface area contributed by atoms with Crippen molar-refractivity contribution in [3.8, 4) is 55.6 Å². The molecular weight excluding hydrogens is 941 g/mol. The molecule has 0 bridgehead atoms. The fourth-order valence-electron chi connectivity index (χ4n) is 12.0. The molecule has 0 atom stereocenters. The molecule has 2 nitrogen and oxygen atoms in total. The predicted octanol–water partition coefficient (Wildman–Crippen LogP) is 21.4. The summed E-state index contributed by atoms with van der Waals surface area (Å²) in [4.78, 5) is 4.69. The van der Waals surface area contributed by atoms with Gasteiger partial charge in [-0.2, -0.15) is 0 Å². The van der Waals surface area contributed by atoms with Crippen LogP contribution in [0.4, 0.5) is 22.7 Å². The number of fused-ring (bicyclic) bond motifs is 6. The van der Waals surface area contributed by atoms with Gasteiger partial charge in [0, 0.05) is 45.0 Å². The van der Waals surface area contributed by atoms with Crippen molar-refractivity contribution in [1.82, 2.24) is 0 Å². The van der Waals surface area contributed by atoms with Gasteiger partial charge < -0.3 is 9.80 Å². The van der Waals surface area contributed by atoms with Crippen LogP contribution in [0.5, 0.6) is 0 Å². The monoisotopic (exact) mass is 1010 g/mol. The maximum Gasteiger partial charge on any atom is 0.0462 e. The average Bonchev–Trinajstić information content (AvgIpc) is 4.07. The minimum atomic E-state index is -0.156. The van der Waals surface area contributed by atoms with Gasteiger partial charge in [0.15, 0.2) is 0 Å². The van der Waals surface area contributed by atoms with Gasteiger partial charge in [0.2, 0.25) is 0 Å². The van der Waals surface area contributed by atoms with E-state index in [1.165, 1.54) is 106 Å². The maximum atomic E-state index is 2.44. The van der Waals surface area contributed by atoms with Crippen LogP contribution in [0, 0.1) is 20.8 Å². The smallest absolute Gasteiger partial charge is 0.0462 e. The van der Waals surface area contributed by atoms with Gasteiger partial charge in [-0.3, -0.25) is 0 Å². The lowest BCUT2D eigenvalue weighted by Gasteiger charge is -2.27. The molecule has 0 saturated carbocycles. The first kappa shape index (κ1) is 51.6. The maximum absolute atomic E-state index is 2.44. The predicted molar refractivity (Wildman–Crippen MR) is 336 cm³/mol. The van der Waals surface area contributed by atoms with E-state index in [0.717, 1.165) is 40.6 Å². The lowest BCUT2D eigenvalue weighted by atomic mass is 9.80. The van der Waals surface area contributed by atoms with Crippen molar-refractivity contribution in [2.75, 3.05) is 9.80 Å². The van der Waals surface area contributed by atoms with E-state index in [9.17, 15) is 0 Å². The second-order valence-corrected chi connectivity index (χ2v) is 22.8. The van der Waals surface area contributed by atoms with E-state index < -0.39 is 0 Å². The minimum absolute atomic E-state index is 0.150. The number of hydrogen-bond donors (Lipinski definition) is 0. The normalized spacial score (nSPS) is 14.3. The van der Waals surface area contributed by atoms with Crippen molar-refractivity contribution in [2.24, 2.45) is 0 Å². The zero-order valence-electron chi connectivity index (χ0n) is 47.5. The SMILES string of the molecule is C/C=C(\C=C/CC)N(/C(C)=C/C=C(\C)c1ccc2c(c1)C(C)(C)c1cc(-c3ccc(-c4ccc5c(c4)C(C)(C)c4cc(-c6ccc(N(c7ccc(C)cc7)c7ccc(C)cc7)cc6)ccc4-5)cc3)ccc1-2)c1ccc(C)cc1. The topological polar surface area (TPSA) is 6.48 Å². The highest BCUT2D eigenvalue weighted by Crippen LogP contribution is 2.52. The molecule has 0 fully saturated rings. The number of hydrogen-bond acceptors (Lipinski definition) is 2. The van der Waals surface area contributed by atoms with Crippen molar-refractivity contribution in [3.05, 3.63) is 280 Å². The summed E-state index contributed by atoms with van der Waals surface area (Å²) < 4.78 is 0. The molecule has 11 rings (SSSR count). The lowest BCUT2D eigenvalue weighted by molar-refractivity contribution is 0.660. The number of rotatable bonds is 13. The summed E-state index contributed by atoms with van der Waals surface area (Å²) in [5, 5.41) is 0. The Bertz CT molecular complexity index is 3790. The zero-order valence-corrected chi connectivity index (χ0v) is 47.5. The molecule has 0 spiro atoms. The highest BCUT2D eigenvalue weighted by atomic mass is 15.2. The molecular formula is C76H72N2. The molecule has 0 radical (unpaired) electrons. The molecule has 2 heteroatoms. The number of anilines is 4. The summed E-state index contributed by atoms with van der Waals surface area (Å²) in [6.45, 7) is 24.7. The Balaban J connectivity index is 0.809. The average molecular weight is 1010 g/mol. The Kier molecular flexibility index (Phi) is 13.8. The molecule has 0 heterocycles. The molecule has 9 aromatic rings. The Labute approximate surface area is 465 Å². The van der Waals surface area contributed by atoms with E-state index in [1.807, 2.05) is 0 Å². The third-order valence-electron chi connectivity index (χ3n) is 16.7. The Morgan fingerprint density at radius 3 is 1.15 bits per heavy atom. The number of allylic oxidation sites excluding steroid dienone is 7. The van der Waals surface area contributed by atoms with E-state index >= 15 is 0 Å². The lowest BCUT2D eigenvalue weighted by Crippen LogP contribution is -2.19. The van der Waals surface area contributed by atoms with Crippen LogP contribution < -0.4 is 9.80 Å². The first-order valence-corrected chi connectivity index (χ1v) is 27.9. The second kappa shape index (κ2) is 20.8. The largest absolute Gasteiger partial charge is 0.315 e. The van der Waals surface area contributed by atoms with Crippen molar-refractivity contribution in [2.45, 2.75) is 93.4 Å². The molecule has 9 aromatic carbocycles. The Hall–Kier alpha value is -8.46. The standard InChI is InChI=1S/C76H72N2/c1-12-14-15-62(13-2)77(63-34-16-50(3)17-35-63)54(7)23-22-53(6)58-30-42-67-68-43-31-59(47-72(68)75(8,9)71(67)46-58)55-24-26-56(27-25-55)60-32-44-69-70-45-33-61(49-74(70)76(10,11)73(69)48-60)57-28-40-66(41-29-57)78(64-36-18-51(4)19-37-64)65-38-20-52(5)21-39-65/h13-49H,12H2,1-11H3/b15-14-,53-22+,54-23+,62-13+. The number of aryl methyl sites for hydroxylation is 3. The molecule has 0 unspecified atom stereocenters. The van der Waals surface area contributed by atoms with Crippen molar-refractivity contribution >= 4 is 28.3 Å². The first-order chi connectivity index (χ1) is 37.6. The highest BCUT2D eigenvalue weighted by Gasteiger charge is 2.37. The summed E-state index contributed by atoms with van der Waals surface area (Å²) in [6.07, 6.45) is 12.2. The molecule has 2 aliphatic rings. The number of benzene rings is 9. The summed E-state index contributed by atoms with van der Waals surface area (Å²) in [7, 11) is 0. The minimum Gasteiger partial charge on any atom is -0.315 e. The summed E-state index contributed by atoms with van der Waals surface area (Å²) in [5.41, 5.74) is 31.1. The molecule has 0 aromatic heterocycles. The van der Waals surface area contributed by atoms with Crippen LogP contribution in [0.15, 0.2) is 236 Å². The van der Waals surface area contributed by atoms with Gasteiger partial charge >= 0.3 is 0 Å². The summed E-state index contributed by atoms with van der Waals surface area (Å²) in [5.74, 6) is 0. The van der Waals surface area contributed by atoms with Crippen molar-refractivity contribution in [3.63, 3.8) is 0 Å². The van der Waals surface area contributed by atoms with E-state index in [-0.39, 0.29) is 10.8 Å². The van der Waals surface area contributed by atoms with Crippen LogP contribution in [0.1, 0.15) is 106 Å². The molecule has 2 aliphatic carbocycles.